The molecule has 12 heteroatoms. The van der Waals surface area contributed by atoms with Gasteiger partial charge in [-0.2, -0.15) is 0 Å². The quantitative estimate of drug-likeness (QED) is 0.135. The minimum Gasteiger partial charge on any atom is -0.350 e. The minimum atomic E-state index is -0.702. The van der Waals surface area contributed by atoms with Crippen LogP contribution in [0.15, 0.2) is 42.6 Å². The van der Waals surface area contributed by atoms with Crippen molar-refractivity contribution in [2.24, 2.45) is 0 Å². The molecule has 2 aromatic carbocycles. The van der Waals surface area contributed by atoms with Crippen LogP contribution >= 0.6 is 34.2 Å². The number of nitrogens with one attached hydrogen (secondary N) is 3. The highest BCUT2D eigenvalue weighted by atomic mass is 127. The van der Waals surface area contributed by atoms with Crippen LogP contribution in [-0.2, 0) is 22.7 Å². The third kappa shape index (κ3) is 6.09. The second-order valence-electron chi connectivity index (χ2n) is 10.1. The molecule has 2 fully saturated rings. The first-order valence-corrected chi connectivity index (χ1v) is 14.6. The Bertz CT molecular complexity index is 1510. The number of fused-ring (bicyclic) bond motifs is 1. The number of halogens is 3. The fourth-order valence-electron chi connectivity index (χ4n) is 4.94. The van der Waals surface area contributed by atoms with Gasteiger partial charge in [0.25, 0.3) is 0 Å². The van der Waals surface area contributed by atoms with Crippen LogP contribution in [0.2, 0.25) is 5.02 Å². The Morgan fingerprint density at radius 2 is 1.88 bits per heavy atom. The molecule has 0 radical (unpaired) electrons. The lowest BCUT2D eigenvalue weighted by Crippen LogP contribution is -2.48. The lowest BCUT2D eigenvalue weighted by molar-refractivity contribution is -0.139. The predicted octanol–water partition coefficient (Wildman–Crippen LogP) is 4.99. The average Bonchev–Trinajstić information content (AvgIpc) is 3.52. The molecule has 1 aromatic heterocycles. The van der Waals surface area contributed by atoms with Crippen LogP contribution in [0.1, 0.15) is 48.5 Å². The summed E-state index contributed by atoms with van der Waals surface area (Å²) in [5.74, 6) is -1.40. The normalized spacial score (nSPS) is 18.6. The summed E-state index contributed by atoms with van der Waals surface area (Å²) in [6.45, 7) is 1.32. The number of carbonyl (C=O) groups excluding carboxylic acids is 4. The van der Waals surface area contributed by atoms with Gasteiger partial charge in [-0.3, -0.25) is 14.4 Å². The monoisotopic (exact) mass is 679 g/mol. The van der Waals surface area contributed by atoms with Gasteiger partial charge in [-0.05, 0) is 56.9 Å². The molecular weight excluding hydrogens is 652 g/mol. The van der Waals surface area contributed by atoms with E-state index in [1.54, 1.807) is 46.0 Å². The first kappa shape index (κ1) is 28.3. The fraction of sp³-hybridized carbons (Fsp3) is 0.357. The number of amides is 4. The first-order valence-electron chi connectivity index (χ1n) is 13.0. The first-order chi connectivity index (χ1) is 19.1. The Balaban J connectivity index is 1.32. The standard InChI is InChI=1S/C28H28ClFIN5O4/c1-15(37)20-13-35(22-8-7-18(11-19(20)22)34-28(40)33-17-5-6-17)14-25(38)36-23(9-10-24(36)31)27(39)32-12-16-3-2-4-21(29)26(16)30/h2-4,7-8,11,13,17,23-24H,5-6,9-10,12,14H2,1H3,(H,32,39)(H2,33,34,40)/t23-,24-/m0/s1. The molecule has 0 unspecified atom stereocenters. The number of nitrogens with zero attached hydrogens (tertiary/aromatic N) is 2. The number of rotatable bonds is 8. The van der Waals surface area contributed by atoms with Gasteiger partial charge in [0.05, 0.1) is 9.07 Å². The van der Waals surface area contributed by atoms with Gasteiger partial charge in [0.2, 0.25) is 11.8 Å². The van der Waals surface area contributed by atoms with Gasteiger partial charge < -0.3 is 25.4 Å². The second kappa shape index (κ2) is 11.7. The molecule has 0 spiro atoms. The van der Waals surface area contributed by atoms with Crippen molar-refractivity contribution in [2.75, 3.05) is 5.32 Å². The number of aromatic nitrogens is 1. The molecule has 1 saturated heterocycles. The number of anilines is 1. The number of likely N-dealkylation sites (tertiary alicyclic amines) is 1. The molecule has 3 aromatic rings. The van der Waals surface area contributed by atoms with Crippen LogP contribution in [0.25, 0.3) is 10.9 Å². The highest BCUT2D eigenvalue weighted by Crippen LogP contribution is 2.31. The predicted molar refractivity (Wildman–Crippen MR) is 158 cm³/mol. The van der Waals surface area contributed by atoms with E-state index >= 15 is 0 Å². The van der Waals surface area contributed by atoms with Crippen molar-refractivity contribution >= 4 is 74.4 Å². The highest BCUT2D eigenvalue weighted by Gasteiger charge is 2.39. The van der Waals surface area contributed by atoms with Crippen molar-refractivity contribution in [2.45, 2.75) is 61.8 Å². The molecule has 210 valence electrons. The second-order valence-corrected chi connectivity index (χ2v) is 11.9. The van der Waals surface area contributed by atoms with Crippen molar-refractivity contribution < 1.29 is 23.6 Å². The number of Topliss-reactive ketones (excluding diaryl/α,β-unsaturated/α-hetero) is 1. The largest absolute Gasteiger partial charge is 0.350 e. The van der Waals surface area contributed by atoms with Crippen LogP contribution in [-0.4, -0.2) is 49.2 Å². The molecule has 5 rings (SSSR count). The Morgan fingerprint density at radius 1 is 1.10 bits per heavy atom. The fourth-order valence-corrected chi connectivity index (χ4v) is 6.19. The van der Waals surface area contributed by atoms with Gasteiger partial charge in [0.1, 0.15) is 18.4 Å². The number of carbonyl (C=O) groups is 4. The van der Waals surface area contributed by atoms with E-state index < -0.39 is 11.9 Å². The summed E-state index contributed by atoms with van der Waals surface area (Å²) in [6.07, 6.45) is 4.69. The summed E-state index contributed by atoms with van der Waals surface area (Å²) in [5.41, 5.74) is 1.89. The minimum absolute atomic E-state index is 0.0231. The van der Waals surface area contributed by atoms with Crippen molar-refractivity contribution in [1.82, 2.24) is 20.1 Å². The van der Waals surface area contributed by atoms with Gasteiger partial charge >= 0.3 is 6.03 Å². The number of ketones is 1. The maximum Gasteiger partial charge on any atom is 0.319 e. The zero-order chi connectivity index (χ0) is 28.6. The van der Waals surface area contributed by atoms with E-state index in [0.29, 0.717) is 35.0 Å². The van der Waals surface area contributed by atoms with E-state index in [1.165, 1.54) is 13.0 Å². The van der Waals surface area contributed by atoms with Crippen LogP contribution < -0.4 is 16.0 Å². The van der Waals surface area contributed by atoms with Crippen LogP contribution in [0.5, 0.6) is 0 Å². The molecular formula is C28H28ClFIN5O4. The van der Waals surface area contributed by atoms with Crippen molar-refractivity contribution in [3.05, 3.63) is 64.6 Å². The molecule has 2 atom stereocenters. The molecule has 3 N–H and O–H groups in total. The van der Waals surface area contributed by atoms with Crippen molar-refractivity contribution in [3.8, 4) is 0 Å². The van der Waals surface area contributed by atoms with Crippen molar-refractivity contribution in [1.29, 1.82) is 0 Å². The number of alkyl halides is 1. The maximum absolute atomic E-state index is 14.3. The summed E-state index contributed by atoms with van der Waals surface area (Å²) in [5, 5.41) is 8.99. The lowest BCUT2D eigenvalue weighted by atomic mass is 10.1. The maximum atomic E-state index is 14.3. The smallest absolute Gasteiger partial charge is 0.319 e. The van der Waals surface area contributed by atoms with E-state index in [0.717, 1.165) is 12.8 Å². The molecule has 0 bridgehead atoms. The van der Waals surface area contributed by atoms with Gasteiger partial charge in [0, 0.05) is 46.5 Å². The molecule has 1 aliphatic carbocycles. The van der Waals surface area contributed by atoms with E-state index in [1.807, 2.05) is 0 Å². The summed E-state index contributed by atoms with van der Waals surface area (Å²) in [7, 11) is 0. The van der Waals surface area contributed by atoms with Crippen LogP contribution in [0.4, 0.5) is 14.9 Å². The summed E-state index contributed by atoms with van der Waals surface area (Å²) < 4.78 is 15.8. The van der Waals surface area contributed by atoms with E-state index in [2.05, 4.69) is 38.5 Å². The van der Waals surface area contributed by atoms with Crippen LogP contribution in [0.3, 0.4) is 0 Å². The van der Waals surface area contributed by atoms with Gasteiger partial charge in [-0.15, -0.1) is 0 Å². The molecule has 2 heterocycles. The molecule has 9 nitrogen and oxygen atoms in total. The summed E-state index contributed by atoms with van der Waals surface area (Å²) >= 11 is 7.99. The Morgan fingerprint density at radius 3 is 2.60 bits per heavy atom. The van der Waals surface area contributed by atoms with Gasteiger partial charge in [0.15, 0.2) is 5.78 Å². The summed E-state index contributed by atoms with van der Waals surface area (Å²) in [4.78, 5) is 52.8. The molecule has 4 amide bonds. The van der Waals surface area contributed by atoms with Gasteiger partial charge in [-0.25, -0.2) is 9.18 Å². The third-order valence-corrected chi connectivity index (χ3v) is 8.64. The van der Waals surface area contributed by atoms with Gasteiger partial charge in [-0.1, -0.05) is 46.3 Å². The topological polar surface area (TPSA) is 113 Å². The highest BCUT2D eigenvalue weighted by molar-refractivity contribution is 14.1. The average molecular weight is 680 g/mol. The molecule has 2 aliphatic rings. The zero-order valence-electron chi connectivity index (χ0n) is 21.7. The lowest BCUT2D eigenvalue weighted by Gasteiger charge is -2.27. The number of urea groups is 1. The Labute approximate surface area is 248 Å². The Hall–Kier alpha value is -3.19. The van der Waals surface area contributed by atoms with Crippen molar-refractivity contribution in [3.63, 3.8) is 0 Å². The number of hydrogen-bond acceptors (Lipinski definition) is 4. The molecule has 40 heavy (non-hydrogen) atoms. The third-order valence-electron chi connectivity index (χ3n) is 7.13. The van der Waals surface area contributed by atoms with E-state index in [-0.39, 0.29) is 57.4 Å². The number of hydrogen-bond donors (Lipinski definition) is 3. The SMILES string of the molecule is CC(=O)c1cn(CC(=O)N2[C@H](I)CC[C@H]2C(=O)NCc2cccc(Cl)c2F)c2ccc(NC(=O)NC3CC3)cc12. The molecule has 1 saturated carbocycles. The van der Waals surface area contributed by atoms with E-state index in [4.69, 9.17) is 11.6 Å². The number of benzene rings is 2. The summed E-state index contributed by atoms with van der Waals surface area (Å²) in [6, 6.07) is 9.01. The molecule has 1 aliphatic heterocycles. The van der Waals surface area contributed by atoms with E-state index in [9.17, 15) is 23.6 Å². The Kier molecular flexibility index (Phi) is 8.31. The zero-order valence-corrected chi connectivity index (χ0v) is 24.6. The van der Waals surface area contributed by atoms with Crippen LogP contribution in [0, 0.1) is 5.82 Å².